The third-order valence-electron chi connectivity index (χ3n) is 3.97. The molecule has 1 aliphatic heterocycles. The van der Waals surface area contributed by atoms with Crippen LogP contribution in [-0.2, 0) is 21.2 Å². The van der Waals surface area contributed by atoms with Crippen molar-refractivity contribution in [2.45, 2.75) is 24.3 Å². The fraction of sp³-hybridized carbons (Fsp3) is 0.235. The highest BCUT2D eigenvalue weighted by Gasteiger charge is 2.36. The average Bonchev–Trinajstić information content (AvgIpc) is 2.60. The molecule has 24 heavy (non-hydrogen) atoms. The van der Waals surface area contributed by atoms with Gasteiger partial charge in [0.05, 0.1) is 17.1 Å². The molecule has 1 amide bonds. The Morgan fingerprint density at radius 2 is 1.88 bits per heavy atom. The van der Waals surface area contributed by atoms with Crippen molar-refractivity contribution in [2.75, 3.05) is 10.8 Å². The van der Waals surface area contributed by atoms with Crippen molar-refractivity contribution < 1.29 is 17.9 Å². The van der Waals surface area contributed by atoms with Crippen LogP contribution in [0.15, 0.2) is 53.4 Å². The van der Waals surface area contributed by atoms with Gasteiger partial charge in [-0.15, -0.1) is 0 Å². The number of carbonyl (C=O) groups is 1. The van der Waals surface area contributed by atoms with Gasteiger partial charge >= 0.3 is 0 Å². The van der Waals surface area contributed by atoms with E-state index in [1.54, 1.807) is 48.5 Å². The zero-order valence-electron chi connectivity index (χ0n) is 13.2. The molecule has 0 aliphatic carbocycles. The first kappa shape index (κ1) is 16.3. The first-order chi connectivity index (χ1) is 11.4. The van der Waals surface area contributed by atoms with Crippen molar-refractivity contribution in [1.29, 1.82) is 0 Å². The third-order valence-corrected chi connectivity index (χ3v) is 5.77. The highest BCUT2D eigenvalue weighted by molar-refractivity contribution is 7.92. The topological polar surface area (TPSA) is 89.7 Å². The van der Waals surface area contributed by atoms with Crippen LogP contribution in [-0.4, -0.2) is 27.0 Å². The Balaban J connectivity index is 2.06. The van der Waals surface area contributed by atoms with E-state index in [0.29, 0.717) is 11.4 Å². The molecule has 2 N–H and O–H groups in total. The van der Waals surface area contributed by atoms with Crippen LogP contribution >= 0.6 is 0 Å². The van der Waals surface area contributed by atoms with E-state index in [2.05, 4.69) is 0 Å². The molecule has 0 unspecified atom stereocenters. The normalized spacial score (nSPS) is 17.0. The summed E-state index contributed by atoms with van der Waals surface area (Å²) in [5, 5.41) is 0. The number of rotatable bonds is 4. The van der Waals surface area contributed by atoms with Crippen LogP contribution in [0.3, 0.4) is 0 Å². The minimum absolute atomic E-state index is 0.149. The lowest BCUT2D eigenvalue weighted by molar-refractivity contribution is -0.124. The molecular weight excluding hydrogens is 328 g/mol. The smallest absolute Gasteiger partial charge is 0.264 e. The Labute approximate surface area is 140 Å². The van der Waals surface area contributed by atoms with Crippen LogP contribution in [0.2, 0.25) is 0 Å². The van der Waals surface area contributed by atoms with Crippen molar-refractivity contribution in [1.82, 2.24) is 0 Å². The fourth-order valence-corrected chi connectivity index (χ4v) is 4.08. The maximum Gasteiger partial charge on any atom is 0.264 e. The lowest BCUT2D eigenvalue weighted by Gasteiger charge is -2.34. The quantitative estimate of drug-likeness (QED) is 0.912. The van der Waals surface area contributed by atoms with Crippen LogP contribution in [0, 0.1) is 0 Å². The summed E-state index contributed by atoms with van der Waals surface area (Å²) in [6, 6.07) is 13.4. The van der Waals surface area contributed by atoms with Crippen LogP contribution in [0.1, 0.15) is 12.5 Å². The summed E-state index contributed by atoms with van der Waals surface area (Å²) in [6.45, 7) is 1.85. The number of nitrogens with zero attached hydrogens (tertiary/aromatic N) is 1. The van der Waals surface area contributed by atoms with Crippen LogP contribution in [0.25, 0.3) is 0 Å². The second kappa shape index (κ2) is 6.16. The van der Waals surface area contributed by atoms with Gasteiger partial charge in [-0.25, -0.2) is 8.42 Å². The monoisotopic (exact) mass is 346 g/mol. The summed E-state index contributed by atoms with van der Waals surface area (Å²) in [7, 11) is -3.82. The lowest BCUT2D eigenvalue weighted by Crippen LogP contribution is -2.49. The molecule has 7 heteroatoms. The molecule has 2 aromatic rings. The number of sulfonamides is 1. The molecule has 3 rings (SSSR count). The molecule has 0 radical (unpaired) electrons. The van der Waals surface area contributed by atoms with E-state index in [1.165, 1.54) is 4.31 Å². The second-order valence-electron chi connectivity index (χ2n) is 5.51. The van der Waals surface area contributed by atoms with Gasteiger partial charge < -0.3 is 10.5 Å². The van der Waals surface area contributed by atoms with Crippen LogP contribution in [0.5, 0.6) is 5.75 Å². The van der Waals surface area contributed by atoms with E-state index in [0.717, 1.165) is 12.0 Å². The molecule has 2 aromatic carbocycles. The number of primary amides is 1. The lowest BCUT2D eigenvalue weighted by atomic mass is 10.2. The van der Waals surface area contributed by atoms with E-state index in [-0.39, 0.29) is 11.4 Å². The zero-order chi connectivity index (χ0) is 17.3. The molecule has 1 atom stereocenters. The average molecular weight is 346 g/mol. The number of benzene rings is 2. The van der Waals surface area contributed by atoms with Crippen molar-refractivity contribution in [3.63, 3.8) is 0 Å². The second-order valence-corrected chi connectivity index (χ2v) is 7.37. The van der Waals surface area contributed by atoms with Crippen molar-refractivity contribution in [2.24, 2.45) is 5.73 Å². The van der Waals surface area contributed by atoms with Gasteiger partial charge in [0.2, 0.25) is 0 Å². The Morgan fingerprint density at radius 3 is 2.50 bits per heavy atom. The van der Waals surface area contributed by atoms with E-state index in [1.807, 2.05) is 6.92 Å². The Hall–Kier alpha value is -2.54. The third kappa shape index (κ3) is 2.82. The number of amides is 1. The molecule has 0 aromatic heterocycles. The van der Waals surface area contributed by atoms with Crippen molar-refractivity contribution in [3.8, 4) is 5.75 Å². The first-order valence-corrected chi connectivity index (χ1v) is 9.04. The molecule has 0 spiro atoms. The van der Waals surface area contributed by atoms with Gasteiger partial charge in [0.25, 0.3) is 15.9 Å². The van der Waals surface area contributed by atoms with Crippen molar-refractivity contribution >= 4 is 21.6 Å². The summed E-state index contributed by atoms with van der Waals surface area (Å²) in [4.78, 5) is 11.7. The van der Waals surface area contributed by atoms with Gasteiger partial charge in [-0.3, -0.25) is 9.10 Å². The maximum absolute atomic E-state index is 13.0. The molecule has 1 heterocycles. The van der Waals surface area contributed by atoms with E-state index in [4.69, 9.17) is 10.5 Å². The number of carbonyl (C=O) groups excluding carboxylic acids is 1. The number of para-hydroxylation sites is 2. The summed E-state index contributed by atoms with van der Waals surface area (Å²) >= 11 is 0. The predicted octanol–water partition coefficient (Wildman–Crippen LogP) is 1.69. The van der Waals surface area contributed by atoms with Gasteiger partial charge in [-0.1, -0.05) is 31.2 Å². The van der Waals surface area contributed by atoms with Crippen LogP contribution in [0.4, 0.5) is 5.69 Å². The SMILES string of the molecule is CCc1ccc(S(=O)(=O)N2C[C@@H](C(N)=O)Oc3ccccc32)cc1. The fourth-order valence-electron chi connectivity index (χ4n) is 2.60. The highest BCUT2D eigenvalue weighted by atomic mass is 32.2. The number of anilines is 1. The molecular formula is C17H18N2O4S. The van der Waals surface area contributed by atoms with Gasteiger partial charge in [0, 0.05) is 0 Å². The largest absolute Gasteiger partial charge is 0.476 e. The maximum atomic E-state index is 13.0. The van der Waals surface area contributed by atoms with Crippen molar-refractivity contribution in [3.05, 3.63) is 54.1 Å². The highest BCUT2D eigenvalue weighted by Crippen LogP contribution is 2.36. The molecule has 126 valence electrons. The Kier molecular flexibility index (Phi) is 4.19. The Bertz CT molecular complexity index is 862. The molecule has 6 nitrogen and oxygen atoms in total. The summed E-state index contributed by atoms with van der Waals surface area (Å²) in [5.74, 6) is -0.382. The summed E-state index contributed by atoms with van der Waals surface area (Å²) in [5.41, 5.74) is 6.77. The van der Waals surface area contributed by atoms with Gasteiger partial charge in [-0.05, 0) is 36.2 Å². The molecule has 0 saturated carbocycles. The van der Waals surface area contributed by atoms with Gasteiger partial charge in [-0.2, -0.15) is 0 Å². The molecule has 0 fully saturated rings. The molecule has 1 aliphatic rings. The number of hydrogen-bond acceptors (Lipinski definition) is 4. The number of ether oxygens (including phenoxy) is 1. The standard InChI is InChI=1S/C17H18N2O4S/c1-2-12-7-9-13(10-8-12)24(21,22)19-11-16(17(18)20)23-15-6-4-3-5-14(15)19/h3-10,16H,2,11H2,1H3,(H2,18,20)/t16-/m0/s1. The predicted molar refractivity (Wildman–Crippen MR) is 90.4 cm³/mol. The number of nitrogens with two attached hydrogens (primary N) is 1. The van der Waals surface area contributed by atoms with E-state index >= 15 is 0 Å². The van der Waals surface area contributed by atoms with Gasteiger partial charge in [0.15, 0.2) is 6.10 Å². The Morgan fingerprint density at radius 1 is 1.21 bits per heavy atom. The molecule has 0 saturated heterocycles. The van der Waals surface area contributed by atoms with E-state index in [9.17, 15) is 13.2 Å². The zero-order valence-corrected chi connectivity index (χ0v) is 14.0. The minimum atomic E-state index is -3.82. The summed E-state index contributed by atoms with van der Waals surface area (Å²) in [6.07, 6.45) is -0.200. The number of hydrogen-bond donors (Lipinski definition) is 1. The molecule has 0 bridgehead atoms. The van der Waals surface area contributed by atoms with E-state index < -0.39 is 22.0 Å². The number of aryl methyl sites for hydroxylation is 1. The first-order valence-electron chi connectivity index (χ1n) is 7.60. The number of fused-ring (bicyclic) bond motifs is 1. The minimum Gasteiger partial charge on any atom is -0.476 e. The van der Waals surface area contributed by atoms with Gasteiger partial charge in [0.1, 0.15) is 5.75 Å². The summed E-state index contributed by atoms with van der Waals surface area (Å²) < 4.78 is 32.8. The van der Waals surface area contributed by atoms with Crippen LogP contribution < -0.4 is 14.8 Å².